The third-order valence-electron chi connectivity index (χ3n) is 0.887. The summed E-state index contributed by atoms with van der Waals surface area (Å²) in [6.07, 6.45) is 0. The highest BCUT2D eigenvalue weighted by Crippen LogP contribution is 2.31. The maximum Gasteiger partial charge on any atom is 0.152 e. The lowest BCUT2D eigenvalue weighted by Gasteiger charge is -1.74. The highest BCUT2D eigenvalue weighted by molar-refractivity contribution is 9.13. The number of hydrogen-bond donors (Lipinski definition) is 0. The van der Waals surface area contributed by atoms with Gasteiger partial charge in [0.15, 0.2) is 6.07 Å². The first-order valence-corrected chi connectivity index (χ1v) is 4.99. The van der Waals surface area contributed by atoms with E-state index in [1.807, 2.05) is 6.07 Å². The first-order chi connectivity index (χ1) is 5.24. The van der Waals surface area contributed by atoms with Crippen LogP contribution in [0.15, 0.2) is 14.3 Å². The summed E-state index contributed by atoms with van der Waals surface area (Å²) >= 11 is 8.15. The first-order valence-electron chi connectivity index (χ1n) is 2.59. The second kappa shape index (κ2) is 3.92. The van der Waals surface area contributed by atoms with Gasteiger partial charge in [0.05, 0.1) is 8.66 Å². The summed E-state index contributed by atoms with van der Waals surface area (Å²) in [7, 11) is 0. The zero-order chi connectivity index (χ0) is 8.27. The number of nitrogens with zero attached hydrogens (tertiary/aromatic N) is 1. The minimum Gasteiger partial charge on any atom is -0.183 e. The van der Waals surface area contributed by atoms with Gasteiger partial charge in [-0.3, -0.25) is 0 Å². The van der Waals surface area contributed by atoms with Crippen LogP contribution in [0.5, 0.6) is 0 Å². The fraction of sp³-hybridized carbons (Fsp3) is 0. The molecular formula is C7HBr2NS. The lowest BCUT2D eigenvalue weighted by molar-refractivity contribution is 1.55. The van der Waals surface area contributed by atoms with Crippen molar-refractivity contribution in [2.24, 2.45) is 0 Å². The smallest absolute Gasteiger partial charge is 0.152 e. The van der Waals surface area contributed by atoms with Gasteiger partial charge in [0, 0.05) is 10.4 Å². The van der Waals surface area contributed by atoms with Crippen LogP contribution in [0.25, 0.3) is 0 Å². The molecule has 1 aromatic rings. The molecule has 0 saturated carbocycles. The molecule has 0 radical (unpaired) electrons. The molecule has 0 aromatic carbocycles. The van der Waals surface area contributed by atoms with Gasteiger partial charge in [0.25, 0.3) is 0 Å². The Kier molecular flexibility index (Phi) is 3.14. The molecule has 4 heteroatoms. The van der Waals surface area contributed by atoms with E-state index in [9.17, 15) is 0 Å². The molecule has 1 aromatic heterocycles. The summed E-state index contributed by atoms with van der Waals surface area (Å²) in [4.78, 5) is 0.880. The minimum absolute atomic E-state index is 0.880. The van der Waals surface area contributed by atoms with Crippen LogP contribution in [-0.4, -0.2) is 0 Å². The first kappa shape index (κ1) is 8.80. The van der Waals surface area contributed by atoms with Crippen LogP contribution in [0.2, 0.25) is 0 Å². The predicted octanol–water partition coefficient (Wildman–Crippen LogP) is 3.15. The van der Waals surface area contributed by atoms with Crippen molar-refractivity contribution in [1.29, 1.82) is 5.26 Å². The third-order valence-corrected chi connectivity index (χ3v) is 4.06. The second-order valence-corrected chi connectivity index (χ2v) is 4.82. The Morgan fingerprint density at radius 1 is 1.45 bits per heavy atom. The van der Waals surface area contributed by atoms with Gasteiger partial charge >= 0.3 is 0 Å². The Morgan fingerprint density at radius 2 is 2.18 bits per heavy atom. The molecule has 1 heterocycles. The average molecular weight is 291 g/mol. The molecule has 0 aliphatic rings. The van der Waals surface area contributed by atoms with E-state index in [0.29, 0.717) is 0 Å². The molecule has 0 saturated heterocycles. The molecule has 0 atom stereocenters. The number of halogens is 2. The monoisotopic (exact) mass is 289 g/mol. The van der Waals surface area contributed by atoms with E-state index in [1.54, 1.807) is 6.07 Å². The Bertz CT molecular complexity index is 345. The highest BCUT2D eigenvalue weighted by atomic mass is 79.9. The Hall–Kier alpha value is -0.290. The van der Waals surface area contributed by atoms with Crippen LogP contribution in [0.1, 0.15) is 4.88 Å². The van der Waals surface area contributed by atoms with Gasteiger partial charge in [-0.2, -0.15) is 5.26 Å². The molecule has 0 unspecified atom stereocenters. The van der Waals surface area contributed by atoms with Crippen molar-refractivity contribution in [3.05, 3.63) is 19.2 Å². The van der Waals surface area contributed by atoms with Crippen LogP contribution in [-0.2, 0) is 0 Å². The summed E-state index contributed by atoms with van der Waals surface area (Å²) in [5.41, 5.74) is 0. The SMILES string of the molecule is N#CC#Cc1cc(Br)c(Br)s1. The van der Waals surface area contributed by atoms with E-state index in [-0.39, 0.29) is 0 Å². The largest absolute Gasteiger partial charge is 0.183 e. The molecule has 11 heavy (non-hydrogen) atoms. The van der Waals surface area contributed by atoms with Crippen molar-refractivity contribution in [2.75, 3.05) is 0 Å². The van der Waals surface area contributed by atoms with Gasteiger partial charge in [-0.25, -0.2) is 0 Å². The van der Waals surface area contributed by atoms with Gasteiger partial charge in [0.1, 0.15) is 0 Å². The Balaban J connectivity index is 3.00. The van der Waals surface area contributed by atoms with Gasteiger partial charge in [0.2, 0.25) is 0 Å². The molecule has 0 fully saturated rings. The maximum absolute atomic E-state index is 8.16. The molecule has 0 amide bonds. The maximum atomic E-state index is 8.16. The van der Waals surface area contributed by atoms with Crippen molar-refractivity contribution in [1.82, 2.24) is 0 Å². The molecule has 1 nitrogen and oxygen atoms in total. The number of hydrogen-bond acceptors (Lipinski definition) is 2. The summed E-state index contributed by atoms with van der Waals surface area (Å²) in [5.74, 6) is 5.03. The van der Waals surface area contributed by atoms with Crippen LogP contribution < -0.4 is 0 Å². The van der Waals surface area contributed by atoms with Crippen molar-refractivity contribution in [2.45, 2.75) is 0 Å². The van der Waals surface area contributed by atoms with Gasteiger partial charge in [-0.1, -0.05) is 0 Å². The third kappa shape index (κ3) is 2.34. The van der Waals surface area contributed by atoms with Crippen LogP contribution in [0.3, 0.4) is 0 Å². The fourth-order valence-electron chi connectivity index (χ4n) is 0.498. The van der Waals surface area contributed by atoms with Gasteiger partial charge < -0.3 is 0 Å². The van der Waals surface area contributed by atoms with Crippen molar-refractivity contribution in [3.63, 3.8) is 0 Å². The molecule has 0 bridgehead atoms. The van der Waals surface area contributed by atoms with Crippen LogP contribution in [0.4, 0.5) is 0 Å². The standard InChI is InChI=1S/C7HBr2NS/c8-6-4-5(2-1-3-10)11-7(6)9/h4H. The summed E-state index contributed by atoms with van der Waals surface area (Å²) < 4.78 is 1.98. The van der Waals surface area contributed by atoms with E-state index in [4.69, 9.17) is 5.26 Å². The van der Waals surface area contributed by atoms with Gasteiger partial charge in [-0.05, 0) is 43.8 Å². The summed E-state index contributed by atoms with van der Waals surface area (Å²) in [6, 6.07) is 3.63. The topological polar surface area (TPSA) is 23.8 Å². The summed E-state index contributed by atoms with van der Waals surface area (Å²) in [6.45, 7) is 0. The molecular weight excluding hydrogens is 290 g/mol. The molecule has 0 N–H and O–H groups in total. The van der Waals surface area contributed by atoms with Crippen LogP contribution >= 0.6 is 43.2 Å². The number of thiophene rings is 1. The molecule has 1 rings (SSSR count). The zero-order valence-corrected chi connectivity index (χ0v) is 9.18. The zero-order valence-electron chi connectivity index (χ0n) is 5.19. The molecule has 0 spiro atoms. The van der Waals surface area contributed by atoms with E-state index >= 15 is 0 Å². The van der Waals surface area contributed by atoms with Gasteiger partial charge in [-0.15, -0.1) is 11.3 Å². The van der Waals surface area contributed by atoms with Crippen molar-refractivity contribution in [3.8, 4) is 17.9 Å². The van der Waals surface area contributed by atoms with E-state index in [0.717, 1.165) is 13.1 Å². The normalized spacial score (nSPS) is 8.09. The van der Waals surface area contributed by atoms with E-state index in [1.165, 1.54) is 11.3 Å². The van der Waals surface area contributed by atoms with E-state index < -0.39 is 0 Å². The molecule has 0 aliphatic heterocycles. The fourth-order valence-corrected chi connectivity index (χ4v) is 2.39. The minimum atomic E-state index is 0.880. The number of rotatable bonds is 0. The lowest BCUT2D eigenvalue weighted by Crippen LogP contribution is -1.57. The quantitative estimate of drug-likeness (QED) is 0.674. The van der Waals surface area contributed by atoms with Crippen molar-refractivity contribution >= 4 is 43.2 Å². The summed E-state index contributed by atoms with van der Waals surface area (Å²) in [5, 5.41) is 8.16. The second-order valence-electron chi connectivity index (χ2n) is 1.59. The Labute approximate surface area is 85.3 Å². The Morgan fingerprint density at radius 3 is 2.64 bits per heavy atom. The number of nitriles is 1. The van der Waals surface area contributed by atoms with Crippen LogP contribution in [0, 0.1) is 23.2 Å². The van der Waals surface area contributed by atoms with E-state index in [2.05, 4.69) is 43.7 Å². The highest BCUT2D eigenvalue weighted by Gasteiger charge is 2.00. The molecule has 54 valence electrons. The van der Waals surface area contributed by atoms with Crippen molar-refractivity contribution < 1.29 is 0 Å². The lowest BCUT2D eigenvalue weighted by atomic mass is 10.5. The molecule has 0 aliphatic carbocycles. The predicted molar refractivity (Wildman–Crippen MR) is 52.2 cm³/mol. The average Bonchev–Trinajstić information content (AvgIpc) is 2.28.